The van der Waals surface area contributed by atoms with Gasteiger partial charge in [0.15, 0.2) is 11.5 Å². The molecule has 0 N–H and O–H groups in total. The molecule has 2 aromatic carbocycles. The maximum absolute atomic E-state index is 13.0. The Labute approximate surface area is 164 Å². The molecule has 0 saturated carbocycles. The van der Waals surface area contributed by atoms with Gasteiger partial charge in [-0.15, -0.1) is 0 Å². The van der Waals surface area contributed by atoms with Gasteiger partial charge in [0.25, 0.3) is 5.91 Å². The first kappa shape index (κ1) is 18.3. The summed E-state index contributed by atoms with van der Waals surface area (Å²) < 4.78 is 16.4. The summed E-state index contributed by atoms with van der Waals surface area (Å²) >= 11 is 0. The lowest BCUT2D eigenvalue weighted by atomic mass is 9.89. The van der Waals surface area contributed by atoms with Gasteiger partial charge >= 0.3 is 5.97 Å². The minimum atomic E-state index is -0.630. The van der Waals surface area contributed by atoms with E-state index in [4.69, 9.17) is 14.2 Å². The maximum Gasteiger partial charge on any atom is 0.337 e. The lowest BCUT2D eigenvalue weighted by molar-refractivity contribution is -0.142. The lowest BCUT2D eigenvalue weighted by Gasteiger charge is -2.36. The molecule has 2 atom stereocenters. The summed E-state index contributed by atoms with van der Waals surface area (Å²) in [5.74, 6) is 1.05. The van der Waals surface area contributed by atoms with Crippen molar-refractivity contribution in [2.75, 3.05) is 26.8 Å². The molecule has 1 amide bonds. The van der Waals surface area contributed by atoms with E-state index >= 15 is 0 Å². The molecule has 2 heterocycles. The van der Waals surface area contributed by atoms with Crippen molar-refractivity contribution in [2.24, 2.45) is 0 Å². The van der Waals surface area contributed by atoms with E-state index in [1.54, 1.807) is 6.07 Å². The first-order chi connectivity index (χ1) is 13.7. The summed E-state index contributed by atoms with van der Waals surface area (Å²) in [7, 11) is 1.38. The number of benzene rings is 2. The fourth-order valence-electron chi connectivity index (χ4n) is 3.83. The Morgan fingerprint density at radius 2 is 1.93 bits per heavy atom. The van der Waals surface area contributed by atoms with Crippen LogP contribution in [-0.2, 0) is 9.53 Å². The van der Waals surface area contributed by atoms with Crippen molar-refractivity contribution in [3.05, 3.63) is 59.7 Å². The fraction of sp³-hybridized carbons (Fsp3) is 0.364. The summed E-state index contributed by atoms with van der Waals surface area (Å²) in [4.78, 5) is 26.7. The van der Waals surface area contributed by atoms with Crippen LogP contribution in [0.4, 0.5) is 0 Å². The predicted molar refractivity (Wildman–Crippen MR) is 103 cm³/mol. The van der Waals surface area contributed by atoms with Crippen LogP contribution in [0.2, 0.25) is 0 Å². The minimum absolute atomic E-state index is 0.0525. The molecule has 1 unspecified atom stereocenters. The number of carbonyl (C=O) groups is 2. The molecule has 0 spiro atoms. The Hall–Kier alpha value is -3.02. The molecule has 2 aliphatic rings. The Kier molecular flexibility index (Phi) is 5.19. The van der Waals surface area contributed by atoms with Crippen molar-refractivity contribution in [2.45, 2.75) is 24.9 Å². The predicted octanol–water partition coefficient (Wildman–Crippen LogP) is 3.02. The highest BCUT2D eigenvalue weighted by molar-refractivity contribution is 5.89. The third kappa shape index (κ3) is 3.67. The molecule has 6 nitrogen and oxygen atoms in total. The van der Waals surface area contributed by atoms with Crippen molar-refractivity contribution >= 4 is 11.9 Å². The molecule has 0 bridgehead atoms. The van der Waals surface area contributed by atoms with Crippen LogP contribution in [0.15, 0.2) is 48.5 Å². The number of hydrogen-bond acceptors (Lipinski definition) is 5. The molecular weight excluding hydrogens is 358 g/mol. The number of methoxy groups -OCH3 is 1. The molecule has 2 aliphatic heterocycles. The van der Waals surface area contributed by atoms with Crippen molar-refractivity contribution in [3.8, 4) is 11.5 Å². The number of amides is 1. The normalized spacial score (nSPS) is 21.1. The number of para-hydroxylation sites is 2. The highest BCUT2D eigenvalue weighted by Crippen LogP contribution is 2.33. The molecule has 0 aliphatic carbocycles. The largest absolute Gasteiger partial charge is 0.485 e. The van der Waals surface area contributed by atoms with Gasteiger partial charge in [-0.25, -0.2) is 4.79 Å². The van der Waals surface area contributed by atoms with Gasteiger partial charge in [0.2, 0.25) is 6.10 Å². The molecule has 1 saturated heterocycles. The summed E-state index contributed by atoms with van der Waals surface area (Å²) in [5, 5.41) is 0. The Balaban J connectivity index is 1.45. The lowest BCUT2D eigenvalue weighted by Crippen LogP contribution is -2.49. The first-order valence-electron chi connectivity index (χ1n) is 9.51. The van der Waals surface area contributed by atoms with Gasteiger partial charge in [0.1, 0.15) is 6.61 Å². The molecule has 0 aromatic heterocycles. The van der Waals surface area contributed by atoms with Crippen molar-refractivity contribution in [1.82, 2.24) is 4.90 Å². The van der Waals surface area contributed by atoms with Crippen molar-refractivity contribution < 1.29 is 23.8 Å². The summed E-state index contributed by atoms with van der Waals surface area (Å²) in [6, 6.07) is 14.8. The third-order valence-electron chi connectivity index (χ3n) is 5.30. The second-order valence-corrected chi connectivity index (χ2v) is 7.10. The SMILES string of the molecule is COC(=O)c1cccc(C2CCCN(C(=O)[C@H]3COc4ccccc4O3)C2)c1. The molecule has 4 rings (SSSR count). The van der Waals surface area contributed by atoms with Gasteiger partial charge in [-0.2, -0.15) is 0 Å². The second-order valence-electron chi connectivity index (χ2n) is 7.10. The van der Waals surface area contributed by atoms with Gasteiger partial charge in [-0.1, -0.05) is 24.3 Å². The molecular formula is C22H23NO5. The van der Waals surface area contributed by atoms with Crippen LogP contribution >= 0.6 is 0 Å². The number of rotatable bonds is 3. The van der Waals surface area contributed by atoms with Gasteiger partial charge in [-0.05, 0) is 42.7 Å². The minimum Gasteiger partial charge on any atom is -0.485 e. The van der Waals surface area contributed by atoms with Gasteiger partial charge < -0.3 is 19.1 Å². The molecule has 1 fully saturated rings. The van der Waals surface area contributed by atoms with E-state index in [1.807, 2.05) is 47.4 Å². The van der Waals surface area contributed by atoms with Crippen LogP contribution < -0.4 is 9.47 Å². The number of ether oxygens (including phenoxy) is 3. The molecule has 0 radical (unpaired) electrons. The smallest absolute Gasteiger partial charge is 0.337 e. The average molecular weight is 381 g/mol. The van der Waals surface area contributed by atoms with Crippen LogP contribution in [0, 0.1) is 0 Å². The third-order valence-corrected chi connectivity index (χ3v) is 5.30. The standard InChI is InChI=1S/C22H23NO5/c1-26-22(25)16-7-4-6-15(12-16)17-8-5-11-23(13-17)21(24)20-14-27-18-9-2-3-10-19(18)28-20/h2-4,6-7,9-10,12,17,20H,5,8,11,13-14H2,1H3/t17?,20-/m1/s1. The van der Waals surface area contributed by atoms with Gasteiger partial charge in [0.05, 0.1) is 12.7 Å². The topological polar surface area (TPSA) is 65.1 Å². The van der Waals surface area contributed by atoms with Crippen LogP contribution in [-0.4, -0.2) is 49.7 Å². The van der Waals surface area contributed by atoms with E-state index < -0.39 is 6.10 Å². The summed E-state index contributed by atoms with van der Waals surface area (Å²) in [5.41, 5.74) is 1.58. The maximum atomic E-state index is 13.0. The van der Waals surface area contributed by atoms with E-state index in [0.717, 1.165) is 18.4 Å². The van der Waals surface area contributed by atoms with Crippen LogP contribution in [0.3, 0.4) is 0 Å². The molecule has 28 heavy (non-hydrogen) atoms. The number of carbonyl (C=O) groups excluding carboxylic acids is 2. The summed E-state index contributed by atoms with van der Waals surface area (Å²) in [6.07, 6.45) is 1.25. The zero-order valence-corrected chi connectivity index (χ0v) is 15.8. The number of likely N-dealkylation sites (tertiary alicyclic amines) is 1. The number of nitrogens with zero attached hydrogens (tertiary/aromatic N) is 1. The van der Waals surface area contributed by atoms with Gasteiger partial charge in [0, 0.05) is 19.0 Å². The van der Waals surface area contributed by atoms with E-state index in [2.05, 4.69) is 0 Å². The molecule has 146 valence electrons. The Morgan fingerprint density at radius 1 is 1.11 bits per heavy atom. The quantitative estimate of drug-likeness (QED) is 0.765. The van der Waals surface area contributed by atoms with Crippen LogP contribution in [0.1, 0.15) is 34.7 Å². The van der Waals surface area contributed by atoms with Gasteiger partial charge in [-0.3, -0.25) is 4.79 Å². The number of piperidine rings is 1. The highest BCUT2D eigenvalue weighted by atomic mass is 16.6. The first-order valence-corrected chi connectivity index (χ1v) is 9.51. The molecule has 6 heteroatoms. The average Bonchev–Trinajstić information content (AvgIpc) is 2.78. The number of hydrogen-bond donors (Lipinski definition) is 0. The van der Waals surface area contributed by atoms with Crippen molar-refractivity contribution in [1.29, 1.82) is 0 Å². The van der Waals surface area contributed by atoms with E-state index in [1.165, 1.54) is 7.11 Å². The fourth-order valence-corrected chi connectivity index (χ4v) is 3.83. The highest BCUT2D eigenvalue weighted by Gasteiger charge is 2.34. The Morgan fingerprint density at radius 3 is 2.75 bits per heavy atom. The number of esters is 1. The zero-order valence-electron chi connectivity index (χ0n) is 15.8. The van der Waals surface area contributed by atoms with Crippen LogP contribution in [0.25, 0.3) is 0 Å². The Bertz CT molecular complexity index is 881. The number of fused-ring (bicyclic) bond motifs is 1. The summed E-state index contributed by atoms with van der Waals surface area (Å²) in [6.45, 7) is 1.52. The van der Waals surface area contributed by atoms with E-state index in [9.17, 15) is 9.59 Å². The van der Waals surface area contributed by atoms with Crippen LogP contribution in [0.5, 0.6) is 11.5 Å². The van der Waals surface area contributed by atoms with E-state index in [-0.39, 0.29) is 24.4 Å². The monoisotopic (exact) mass is 381 g/mol. The zero-order chi connectivity index (χ0) is 19.5. The molecule has 2 aromatic rings. The van der Waals surface area contributed by atoms with Crippen molar-refractivity contribution in [3.63, 3.8) is 0 Å². The second kappa shape index (κ2) is 7.92. The van der Waals surface area contributed by atoms with E-state index in [0.29, 0.717) is 30.2 Å².